The van der Waals surface area contributed by atoms with Gasteiger partial charge in [0, 0.05) is 64.5 Å². The fourth-order valence-electron chi connectivity index (χ4n) is 20.4. The summed E-state index contributed by atoms with van der Waals surface area (Å²) in [5.41, 5.74) is 24.0. The summed E-state index contributed by atoms with van der Waals surface area (Å²) >= 11 is 1.98. The van der Waals surface area contributed by atoms with Gasteiger partial charge in [0.2, 0.25) is 0 Å². The molecule has 396 valence electrons. The molecule has 8 fully saturated rings. The van der Waals surface area contributed by atoms with Gasteiger partial charge >= 0.3 is 6.85 Å². The third-order valence-corrected chi connectivity index (χ3v) is 24.2. The highest BCUT2D eigenvalue weighted by Crippen LogP contribution is 2.64. The number of aromatic nitrogens is 1. The summed E-state index contributed by atoms with van der Waals surface area (Å²) in [6, 6.07) is 66.2. The second-order valence-electron chi connectivity index (χ2n) is 29.0. The lowest BCUT2D eigenvalue weighted by molar-refractivity contribution is -0.00527. The summed E-state index contributed by atoms with van der Waals surface area (Å²) in [6.45, 7) is 9.38. The number of thiophene rings is 1. The molecule has 0 N–H and O–H groups in total. The van der Waals surface area contributed by atoms with Crippen LogP contribution in [0.2, 0.25) is 0 Å². The second kappa shape index (κ2) is 16.2. The number of rotatable bonds is 5. The van der Waals surface area contributed by atoms with Gasteiger partial charge in [-0.05, 0) is 275 Å². The van der Waals surface area contributed by atoms with Crippen LogP contribution in [0.25, 0.3) is 86.1 Å². The minimum Gasteiger partial charge on any atom is -0.375 e. The Morgan fingerprint density at radius 2 is 1.07 bits per heavy atom. The van der Waals surface area contributed by atoms with Gasteiger partial charge in [-0.2, -0.15) is 0 Å². The van der Waals surface area contributed by atoms with Crippen LogP contribution < -0.4 is 15.8 Å². The second-order valence-corrected chi connectivity index (χ2v) is 30.1. The van der Waals surface area contributed by atoms with Gasteiger partial charge in [-0.25, -0.2) is 0 Å². The minimum atomic E-state index is -0.0434. The molecule has 0 amide bonds. The van der Waals surface area contributed by atoms with E-state index in [2.05, 4.69) is 201 Å². The molecule has 8 aliphatic carbocycles. The van der Waals surface area contributed by atoms with E-state index in [0.717, 1.165) is 35.5 Å². The van der Waals surface area contributed by atoms with Crippen LogP contribution in [-0.2, 0) is 16.2 Å². The quantitative estimate of drug-likeness (QED) is 0.156. The van der Waals surface area contributed by atoms with Crippen LogP contribution in [0.5, 0.6) is 0 Å². The zero-order chi connectivity index (χ0) is 53.4. The number of benzene rings is 9. The highest BCUT2D eigenvalue weighted by Gasteiger charge is 2.54. The van der Waals surface area contributed by atoms with Gasteiger partial charge in [-0.15, -0.1) is 11.3 Å². The average Bonchev–Trinajstić information content (AvgIpc) is 2.77. The summed E-state index contributed by atoms with van der Waals surface area (Å²) in [7, 11) is 0. The predicted octanol–water partition coefficient (Wildman–Crippen LogP) is 19.6. The van der Waals surface area contributed by atoms with E-state index < -0.39 is 0 Å². The third-order valence-electron chi connectivity index (χ3n) is 23.1. The van der Waals surface area contributed by atoms with E-state index in [1.807, 2.05) is 11.3 Å². The van der Waals surface area contributed by atoms with Crippen LogP contribution in [0.1, 0.15) is 120 Å². The van der Waals surface area contributed by atoms with Crippen LogP contribution in [-0.4, -0.2) is 11.3 Å². The predicted molar refractivity (Wildman–Crippen MR) is 344 cm³/mol. The normalized spacial score (nSPS) is 26.5. The van der Waals surface area contributed by atoms with Crippen molar-refractivity contribution in [3.63, 3.8) is 0 Å². The maximum atomic E-state index is 2.91. The van der Waals surface area contributed by atoms with Gasteiger partial charge in [-0.1, -0.05) is 112 Å². The number of fused-ring (bicyclic) bond motifs is 11. The number of hydrogen-bond donors (Lipinski definition) is 0. The summed E-state index contributed by atoms with van der Waals surface area (Å²) in [6.07, 6.45) is 17.0. The molecule has 0 atom stereocenters. The van der Waals surface area contributed by atoms with E-state index in [4.69, 9.17) is 0 Å². The van der Waals surface area contributed by atoms with Gasteiger partial charge in [0.15, 0.2) is 0 Å². The largest absolute Gasteiger partial charge is 0.375 e. The lowest BCUT2D eigenvalue weighted by Crippen LogP contribution is -2.56. The Bertz CT molecular complexity index is 4490. The molecule has 21 rings (SSSR count). The Balaban J connectivity index is 0.957. The Kier molecular flexibility index (Phi) is 9.35. The van der Waals surface area contributed by atoms with Crippen molar-refractivity contribution in [2.24, 2.45) is 35.5 Å². The first-order valence-corrected chi connectivity index (χ1v) is 32.1. The molecule has 81 heavy (non-hydrogen) atoms. The summed E-state index contributed by atoms with van der Waals surface area (Å²) in [5.74, 6) is 5.30. The molecule has 2 aromatic heterocycles. The van der Waals surface area contributed by atoms with Gasteiger partial charge in [0.05, 0.1) is 5.69 Å². The van der Waals surface area contributed by atoms with Gasteiger partial charge in [0.1, 0.15) is 0 Å². The first kappa shape index (κ1) is 46.7. The highest BCUT2D eigenvalue weighted by molar-refractivity contribution is 7.26. The molecule has 4 heterocycles. The lowest BCUT2D eigenvalue weighted by atomic mass is 9.44. The smallest absolute Gasteiger partial charge is 0.333 e. The molecule has 2 aliphatic heterocycles. The van der Waals surface area contributed by atoms with Gasteiger partial charge < -0.3 is 9.38 Å². The van der Waals surface area contributed by atoms with Crippen LogP contribution in [0.15, 0.2) is 164 Å². The maximum absolute atomic E-state index is 2.91. The SMILES string of the molecule is Cc1ccccc1-c1cc2c3c(c1)N(c1ccc(C(C)(C)C)cc1-c1ccccc1)c1cc4c(cc1B3n1c3ccc(C56CC7CC(CC(C7)C5)C6)cc3c3cc(C56CC7CC(CC(C7)C5)C6)cc-2c31)sc1cc2ccccc2cc14. The molecule has 9 aromatic carbocycles. The average molecular weight is 1070 g/mol. The number of aryl methyl sites for hydroxylation is 1. The Hall–Kier alpha value is -6.88. The van der Waals surface area contributed by atoms with Gasteiger partial charge in [0.25, 0.3) is 0 Å². The first-order chi connectivity index (χ1) is 39.5. The highest BCUT2D eigenvalue weighted by atomic mass is 32.1. The summed E-state index contributed by atoms with van der Waals surface area (Å²) < 4.78 is 5.64. The number of anilines is 3. The molecular formula is C77H69BN2S. The van der Waals surface area contributed by atoms with Crippen molar-refractivity contribution < 1.29 is 0 Å². The van der Waals surface area contributed by atoms with Crippen LogP contribution in [0.3, 0.4) is 0 Å². The van der Waals surface area contributed by atoms with Crippen LogP contribution >= 0.6 is 11.3 Å². The molecule has 0 saturated heterocycles. The molecular weight excluding hydrogens is 996 g/mol. The summed E-state index contributed by atoms with van der Waals surface area (Å²) in [4.78, 5) is 2.76. The van der Waals surface area contributed by atoms with Crippen LogP contribution in [0, 0.1) is 42.4 Å². The minimum absolute atomic E-state index is 0.0318. The van der Waals surface area contributed by atoms with E-state index in [1.54, 1.807) is 11.1 Å². The molecule has 2 nitrogen and oxygen atoms in total. The molecule has 10 aliphatic rings. The topological polar surface area (TPSA) is 8.17 Å². The standard InChI is InChI=1S/C77H69BN2S/c1-44-12-8-11-17-58(44)54-29-63-65-35-57(77-41-48-25-49(42-77)27-50(26-48)43-77)34-64-60-33-56(76-38-45-22-46(39-76)24-47(23-45)40-76)19-21-68(60)80(74(64)65)78-66-37-72-62(61-28-52-15-9-10-16-53(52)31-71(61)81-72)36-69(66)79(70(30-54)73(63)78)67-20-18-55(75(2,3)4)32-59(67)51-13-6-5-7-14-51/h5-21,28-37,45-50H,22-27,38-43H2,1-4H3. The molecule has 4 heteroatoms. The molecule has 0 unspecified atom stereocenters. The Labute approximate surface area is 481 Å². The van der Waals surface area contributed by atoms with Crippen molar-refractivity contribution in [1.82, 2.24) is 4.48 Å². The fourth-order valence-corrected chi connectivity index (χ4v) is 21.6. The maximum Gasteiger partial charge on any atom is 0.333 e. The van der Waals surface area contributed by atoms with E-state index in [0.29, 0.717) is 5.41 Å². The molecule has 11 aromatic rings. The summed E-state index contributed by atoms with van der Waals surface area (Å²) in [5, 5.41) is 8.31. The van der Waals surface area contributed by atoms with Crippen molar-refractivity contribution >= 4 is 98.9 Å². The van der Waals surface area contributed by atoms with E-state index in [9.17, 15) is 0 Å². The third kappa shape index (κ3) is 6.58. The van der Waals surface area contributed by atoms with Crippen molar-refractivity contribution in [3.8, 4) is 33.4 Å². The number of hydrogen-bond acceptors (Lipinski definition) is 2. The van der Waals surface area contributed by atoms with Crippen molar-refractivity contribution in [2.45, 2.75) is 121 Å². The van der Waals surface area contributed by atoms with E-state index >= 15 is 0 Å². The van der Waals surface area contributed by atoms with E-state index in [-0.39, 0.29) is 17.7 Å². The van der Waals surface area contributed by atoms with Crippen molar-refractivity contribution in [2.75, 3.05) is 4.90 Å². The first-order valence-electron chi connectivity index (χ1n) is 31.2. The Morgan fingerprint density at radius 3 is 1.77 bits per heavy atom. The fraction of sp³-hybridized carbons (Fsp3) is 0.325. The molecule has 8 bridgehead atoms. The Morgan fingerprint density at radius 1 is 0.457 bits per heavy atom. The molecule has 0 radical (unpaired) electrons. The molecule has 0 spiro atoms. The van der Waals surface area contributed by atoms with Crippen molar-refractivity contribution in [1.29, 1.82) is 0 Å². The van der Waals surface area contributed by atoms with Crippen molar-refractivity contribution in [3.05, 3.63) is 186 Å². The number of nitrogens with zero attached hydrogens (tertiary/aromatic N) is 2. The monoisotopic (exact) mass is 1060 g/mol. The van der Waals surface area contributed by atoms with Gasteiger partial charge in [-0.3, -0.25) is 0 Å². The lowest BCUT2D eigenvalue weighted by Gasteiger charge is -2.57. The van der Waals surface area contributed by atoms with E-state index in [1.165, 1.54) is 202 Å². The zero-order valence-electron chi connectivity index (χ0n) is 47.4. The molecule has 8 saturated carbocycles. The van der Waals surface area contributed by atoms with Crippen LogP contribution in [0.4, 0.5) is 17.1 Å². The zero-order valence-corrected chi connectivity index (χ0v) is 48.2.